The number of carboxylic acids is 1. The standard InChI is InChI=1S/C15H12BrFO2/c16-14-9-12(17)7-6-11(14)8-13(15(18)19)10-4-2-1-3-5-10/h1-7,9,13H,8H2,(H,18,19). The van der Waals surface area contributed by atoms with Crippen LogP contribution in [0.3, 0.4) is 0 Å². The molecule has 0 aliphatic rings. The van der Waals surface area contributed by atoms with E-state index in [1.165, 1.54) is 12.1 Å². The molecule has 19 heavy (non-hydrogen) atoms. The maximum absolute atomic E-state index is 13.0. The second kappa shape index (κ2) is 5.97. The first kappa shape index (κ1) is 13.7. The Morgan fingerprint density at radius 3 is 2.47 bits per heavy atom. The maximum Gasteiger partial charge on any atom is 0.311 e. The quantitative estimate of drug-likeness (QED) is 0.923. The molecule has 0 aliphatic carbocycles. The zero-order chi connectivity index (χ0) is 13.8. The molecule has 0 spiro atoms. The monoisotopic (exact) mass is 322 g/mol. The van der Waals surface area contributed by atoms with Crippen molar-refractivity contribution in [2.45, 2.75) is 12.3 Å². The third kappa shape index (κ3) is 3.41. The van der Waals surface area contributed by atoms with Crippen molar-refractivity contribution in [1.29, 1.82) is 0 Å². The number of rotatable bonds is 4. The van der Waals surface area contributed by atoms with Crippen LogP contribution in [0.25, 0.3) is 0 Å². The average molecular weight is 323 g/mol. The van der Waals surface area contributed by atoms with Gasteiger partial charge in [-0.3, -0.25) is 4.79 Å². The predicted molar refractivity (Wildman–Crippen MR) is 74.6 cm³/mol. The largest absolute Gasteiger partial charge is 0.481 e. The number of aliphatic carboxylic acids is 1. The zero-order valence-electron chi connectivity index (χ0n) is 10.0. The molecule has 1 N–H and O–H groups in total. The molecule has 0 bridgehead atoms. The van der Waals surface area contributed by atoms with Gasteiger partial charge in [-0.05, 0) is 29.7 Å². The first-order valence-electron chi connectivity index (χ1n) is 5.79. The van der Waals surface area contributed by atoms with Crippen molar-refractivity contribution in [3.63, 3.8) is 0 Å². The molecule has 4 heteroatoms. The van der Waals surface area contributed by atoms with E-state index >= 15 is 0 Å². The van der Waals surface area contributed by atoms with Gasteiger partial charge >= 0.3 is 5.97 Å². The highest BCUT2D eigenvalue weighted by Gasteiger charge is 2.21. The van der Waals surface area contributed by atoms with Crippen LogP contribution in [0.4, 0.5) is 4.39 Å². The van der Waals surface area contributed by atoms with Gasteiger partial charge < -0.3 is 5.11 Å². The van der Waals surface area contributed by atoms with Crippen molar-refractivity contribution in [2.24, 2.45) is 0 Å². The van der Waals surface area contributed by atoms with Gasteiger partial charge in [-0.1, -0.05) is 52.3 Å². The summed E-state index contributed by atoms with van der Waals surface area (Å²) in [7, 11) is 0. The first-order valence-corrected chi connectivity index (χ1v) is 6.59. The lowest BCUT2D eigenvalue weighted by Crippen LogP contribution is -2.14. The fraction of sp³-hybridized carbons (Fsp3) is 0.133. The van der Waals surface area contributed by atoms with Gasteiger partial charge in [0.05, 0.1) is 5.92 Å². The van der Waals surface area contributed by atoms with E-state index in [-0.39, 0.29) is 5.82 Å². The Hall–Kier alpha value is -1.68. The van der Waals surface area contributed by atoms with Crippen molar-refractivity contribution in [3.8, 4) is 0 Å². The molecule has 0 aromatic heterocycles. The SMILES string of the molecule is O=C(O)C(Cc1ccc(F)cc1Br)c1ccccc1. The van der Waals surface area contributed by atoms with Crippen LogP contribution in [0, 0.1) is 5.82 Å². The number of benzene rings is 2. The van der Waals surface area contributed by atoms with Crippen molar-refractivity contribution in [2.75, 3.05) is 0 Å². The highest BCUT2D eigenvalue weighted by Crippen LogP contribution is 2.26. The van der Waals surface area contributed by atoms with Gasteiger partial charge in [0, 0.05) is 4.47 Å². The normalized spacial score (nSPS) is 12.1. The number of halogens is 2. The van der Waals surface area contributed by atoms with Crippen LogP contribution in [0.1, 0.15) is 17.0 Å². The average Bonchev–Trinajstić information content (AvgIpc) is 2.38. The van der Waals surface area contributed by atoms with Crippen LogP contribution in [0.15, 0.2) is 53.0 Å². The number of carbonyl (C=O) groups is 1. The molecule has 0 saturated heterocycles. The van der Waals surface area contributed by atoms with E-state index in [0.29, 0.717) is 10.9 Å². The van der Waals surface area contributed by atoms with E-state index in [2.05, 4.69) is 15.9 Å². The first-order chi connectivity index (χ1) is 9.08. The third-order valence-electron chi connectivity index (χ3n) is 2.94. The summed E-state index contributed by atoms with van der Waals surface area (Å²) in [4.78, 5) is 11.4. The van der Waals surface area contributed by atoms with Crippen molar-refractivity contribution < 1.29 is 14.3 Å². The lowest BCUT2D eigenvalue weighted by Gasteiger charge is -2.14. The number of hydrogen-bond acceptors (Lipinski definition) is 1. The summed E-state index contributed by atoms with van der Waals surface area (Å²) in [6, 6.07) is 13.3. The molecule has 1 unspecified atom stereocenters. The Labute approximate surface area is 119 Å². The maximum atomic E-state index is 13.0. The highest BCUT2D eigenvalue weighted by molar-refractivity contribution is 9.10. The van der Waals surface area contributed by atoms with Crippen LogP contribution in [0.2, 0.25) is 0 Å². The predicted octanol–water partition coefficient (Wildman–Crippen LogP) is 4.00. The molecule has 2 aromatic rings. The lowest BCUT2D eigenvalue weighted by atomic mass is 9.92. The van der Waals surface area contributed by atoms with E-state index in [1.54, 1.807) is 18.2 Å². The summed E-state index contributed by atoms with van der Waals surface area (Å²) >= 11 is 3.26. The van der Waals surface area contributed by atoms with Gasteiger partial charge in [0.15, 0.2) is 0 Å². The van der Waals surface area contributed by atoms with Crippen LogP contribution in [-0.4, -0.2) is 11.1 Å². The summed E-state index contributed by atoms with van der Waals surface area (Å²) < 4.78 is 13.6. The van der Waals surface area contributed by atoms with Crippen molar-refractivity contribution in [1.82, 2.24) is 0 Å². The second-order valence-electron chi connectivity index (χ2n) is 4.24. The number of carboxylic acid groups (broad SMARTS) is 1. The summed E-state index contributed by atoms with van der Waals surface area (Å²) in [6.45, 7) is 0. The zero-order valence-corrected chi connectivity index (χ0v) is 11.6. The Morgan fingerprint density at radius 1 is 1.21 bits per heavy atom. The van der Waals surface area contributed by atoms with E-state index in [9.17, 15) is 14.3 Å². The Kier molecular flexibility index (Phi) is 4.32. The fourth-order valence-corrected chi connectivity index (χ4v) is 2.45. The summed E-state index contributed by atoms with van der Waals surface area (Å²) in [5.41, 5.74) is 1.52. The van der Waals surface area contributed by atoms with E-state index in [0.717, 1.165) is 11.1 Å². The van der Waals surface area contributed by atoms with Crippen LogP contribution in [-0.2, 0) is 11.2 Å². The van der Waals surface area contributed by atoms with Crippen LogP contribution >= 0.6 is 15.9 Å². The van der Waals surface area contributed by atoms with Gasteiger partial charge in [0.1, 0.15) is 5.82 Å². The van der Waals surface area contributed by atoms with E-state index in [1.807, 2.05) is 18.2 Å². The van der Waals surface area contributed by atoms with Crippen molar-refractivity contribution >= 4 is 21.9 Å². The fourth-order valence-electron chi connectivity index (χ4n) is 1.94. The molecule has 1 atom stereocenters. The highest BCUT2D eigenvalue weighted by atomic mass is 79.9. The Morgan fingerprint density at radius 2 is 1.89 bits per heavy atom. The minimum absolute atomic E-state index is 0.320. The molecule has 0 aliphatic heterocycles. The summed E-state index contributed by atoms with van der Waals surface area (Å²) in [5.74, 6) is -1.87. The van der Waals surface area contributed by atoms with Gasteiger partial charge in [-0.15, -0.1) is 0 Å². The lowest BCUT2D eigenvalue weighted by molar-refractivity contribution is -0.138. The van der Waals surface area contributed by atoms with Crippen LogP contribution in [0.5, 0.6) is 0 Å². The smallest absolute Gasteiger partial charge is 0.311 e. The molecule has 2 aromatic carbocycles. The molecule has 98 valence electrons. The summed E-state index contributed by atoms with van der Waals surface area (Å²) in [5, 5.41) is 9.34. The molecule has 0 heterocycles. The van der Waals surface area contributed by atoms with Crippen molar-refractivity contribution in [3.05, 3.63) is 69.9 Å². The molecule has 2 nitrogen and oxygen atoms in total. The molecule has 0 saturated carbocycles. The number of hydrogen-bond donors (Lipinski definition) is 1. The molecule has 0 amide bonds. The minimum atomic E-state index is -0.887. The van der Waals surface area contributed by atoms with Crippen LogP contribution < -0.4 is 0 Å². The molecular weight excluding hydrogens is 311 g/mol. The van der Waals surface area contributed by atoms with Gasteiger partial charge in [0.25, 0.3) is 0 Å². The molecular formula is C15H12BrFO2. The van der Waals surface area contributed by atoms with Gasteiger partial charge in [-0.25, -0.2) is 4.39 Å². The summed E-state index contributed by atoms with van der Waals surface area (Å²) in [6.07, 6.45) is 0.320. The van der Waals surface area contributed by atoms with Gasteiger partial charge in [-0.2, -0.15) is 0 Å². The second-order valence-corrected chi connectivity index (χ2v) is 5.10. The Balaban J connectivity index is 2.29. The molecule has 2 rings (SSSR count). The minimum Gasteiger partial charge on any atom is -0.481 e. The molecule has 0 fully saturated rings. The molecule has 0 radical (unpaired) electrons. The van der Waals surface area contributed by atoms with Gasteiger partial charge in [0.2, 0.25) is 0 Å². The van der Waals surface area contributed by atoms with E-state index < -0.39 is 11.9 Å². The van der Waals surface area contributed by atoms with E-state index in [4.69, 9.17) is 0 Å². The topological polar surface area (TPSA) is 37.3 Å². The Bertz CT molecular complexity index is 584. The third-order valence-corrected chi connectivity index (χ3v) is 3.68.